The molecule has 1 aliphatic heterocycles. The molecule has 1 aliphatic rings. The van der Waals surface area contributed by atoms with Crippen LogP contribution < -0.4 is 14.8 Å². The van der Waals surface area contributed by atoms with Crippen molar-refractivity contribution in [2.24, 2.45) is 11.8 Å². The van der Waals surface area contributed by atoms with Crippen LogP contribution in [0.25, 0.3) is 0 Å². The molecule has 1 aromatic carbocycles. The van der Waals surface area contributed by atoms with E-state index in [4.69, 9.17) is 9.47 Å². The molecule has 0 spiro atoms. The molecule has 20 heavy (non-hydrogen) atoms. The molecule has 110 valence electrons. The van der Waals surface area contributed by atoms with E-state index in [2.05, 4.69) is 33.0 Å². The van der Waals surface area contributed by atoms with Crippen molar-refractivity contribution in [1.82, 2.24) is 5.32 Å². The number of hydrogen-bond donors (Lipinski definition) is 1. The van der Waals surface area contributed by atoms with Crippen LogP contribution in [0.5, 0.6) is 11.5 Å². The number of benzene rings is 1. The van der Waals surface area contributed by atoms with E-state index in [0.717, 1.165) is 0 Å². The highest BCUT2D eigenvalue weighted by Gasteiger charge is 2.30. The zero-order valence-electron chi connectivity index (χ0n) is 12.6. The zero-order chi connectivity index (χ0) is 14.7. The molecule has 0 bridgehead atoms. The fourth-order valence-electron chi connectivity index (χ4n) is 2.51. The summed E-state index contributed by atoms with van der Waals surface area (Å²) in [5.41, 5.74) is 0. The largest absolute Gasteiger partial charge is 0.485 e. The van der Waals surface area contributed by atoms with Crippen molar-refractivity contribution in [2.75, 3.05) is 6.61 Å². The van der Waals surface area contributed by atoms with Gasteiger partial charge in [0.15, 0.2) is 11.5 Å². The number of hydrogen-bond acceptors (Lipinski definition) is 3. The second-order valence-corrected chi connectivity index (χ2v) is 5.89. The van der Waals surface area contributed by atoms with Gasteiger partial charge in [-0.15, -0.1) is 0 Å². The Hall–Kier alpha value is -1.71. The van der Waals surface area contributed by atoms with Gasteiger partial charge in [0.2, 0.25) is 6.10 Å². The Morgan fingerprint density at radius 1 is 1.15 bits per heavy atom. The van der Waals surface area contributed by atoms with Crippen LogP contribution in [0.1, 0.15) is 27.7 Å². The van der Waals surface area contributed by atoms with E-state index in [9.17, 15) is 4.79 Å². The Morgan fingerprint density at radius 2 is 1.75 bits per heavy atom. The van der Waals surface area contributed by atoms with Crippen molar-refractivity contribution in [1.29, 1.82) is 0 Å². The molecule has 1 amide bonds. The number of rotatable bonds is 4. The van der Waals surface area contributed by atoms with Gasteiger partial charge in [-0.3, -0.25) is 4.79 Å². The summed E-state index contributed by atoms with van der Waals surface area (Å²) in [6.45, 7) is 8.69. The van der Waals surface area contributed by atoms with Gasteiger partial charge in [-0.1, -0.05) is 39.8 Å². The third-order valence-corrected chi connectivity index (χ3v) is 3.55. The third kappa shape index (κ3) is 3.24. The Kier molecular flexibility index (Phi) is 4.53. The zero-order valence-corrected chi connectivity index (χ0v) is 12.6. The first-order valence-corrected chi connectivity index (χ1v) is 7.18. The summed E-state index contributed by atoms with van der Waals surface area (Å²) < 4.78 is 11.3. The monoisotopic (exact) mass is 277 g/mol. The van der Waals surface area contributed by atoms with Crippen molar-refractivity contribution >= 4 is 5.91 Å². The van der Waals surface area contributed by atoms with Crippen LogP contribution in [0.4, 0.5) is 0 Å². The summed E-state index contributed by atoms with van der Waals surface area (Å²) in [4.78, 5) is 12.3. The van der Waals surface area contributed by atoms with Crippen LogP contribution in [0.15, 0.2) is 24.3 Å². The number of amides is 1. The molecule has 4 nitrogen and oxygen atoms in total. The average Bonchev–Trinajstić information content (AvgIpc) is 2.43. The molecule has 1 N–H and O–H groups in total. The lowest BCUT2D eigenvalue weighted by atomic mass is 9.93. The van der Waals surface area contributed by atoms with Crippen LogP contribution >= 0.6 is 0 Å². The SMILES string of the molecule is CC(C)C(NC(=O)[C@@H]1COc2ccccc2O1)C(C)C. The normalized spacial score (nSPS) is 17.6. The number of para-hydroxylation sites is 2. The first-order chi connectivity index (χ1) is 9.49. The molecule has 0 saturated carbocycles. The van der Waals surface area contributed by atoms with Gasteiger partial charge in [-0.25, -0.2) is 0 Å². The molecule has 0 radical (unpaired) electrons. The molecule has 0 saturated heterocycles. The standard InChI is InChI=1S/C16H23NO3/c1-10(2)15(11(3)4)17-16(18)14-9-19-12-7-5-6-8-13(12)20-14/h5-8,10-11,14-15H,9H2,1-4H3,(H,17,18)/t14-/m0/s1. The molecule has 1 atom stereocenters. The first-order valence-electron chi connectivity index (χ1n) is 7.18. The van der Waals surface area contributed by atoms with Crippen molar-refractivity contribution in [3.8, 4) is 11.5 Å². The highest BCUT2D eigenvalue weighted by molar-refractivity contribution is 5.82. The predicted octanol–water partition coefficient (Wildman–Crippen LogP) is 2.62. The van der Waals surface area contributed by atoms with Crippen molar-refractivity contribution in [3.05, 3.63) is 24.3 Å². The van der Waals surface area contributed by atoms with E-state index in [-0.39, 0.29) is 18.6 Å². The lowest BCUT2D eigenvalue weighted by Gasteiger charge is -2.30. The smallest absolute Gasteiger partial charge is 0.264 e. The van der Waals surface area contributed by atoms with Gasteiger partial charge >= 0.3 is 0 Å². The van der Waals surface area contributed by atoms with Crippen LogP contribution in [0, 0.1) is 11.8 Å². The Bertz CT molecular complexity index is 463. The molecule has 0 fully saturated rings. The lowest BCUT2D eigenvalue weighted by molar-refractivity contribution is -0.131. The summed E-state index contributed by atoms with van der Waals surface area (Å²) in [5.74, 6) is 1.99. The van der Waals surface area contributed by atoms with E-state index in [0.29, 0.717) is 23.3 Å². The van der Waals surface area contributed by atoms with E-state index in [1.807, 2.05) is 24.3 Å². The number of ether oxygens (including phenoxy) is 2. The summed E-state index contributed by atoms with van der Waals surface area (Å²) in [5, 5.41) is 3.07. The quantitative estimate of drug-likeness (QED) is 0.920. The van der Waals surface area contributed by atoms with Gasteiger partial charge in [-0.05, 0) is 24.0 Å². The Labute approximate surface area is 120 Å². The van der Waals surface area contributed by atoms with Crippen molar-refractivity contribution < 1.29 is 14.3 Å². The van der Waals surface area contributed by atoms with E-state index < -0.39 is 6.10 Å². The van der Waals surface area contributed by atoms with Crippen LogP contribution in [-0.2, 0) is 4.79 Å². The number of nitrogens with one attached hydrogen (secondary N) is 1. The second-order valence-electron chi connectivity index (χ2n) is 5.89. The third-order valence-electron chi connectivity index (χ3n) is 3.55. The fourth-order valence-corrected chi connectivity index (χ4v) is 2.51. The topological polar surface area (TPSA) is 47.6 Å². The van der Waals surface area contributed by atoms with Crippen LogP contribution in [-0.4, -0.2) is 24.7 Å². The van der Waals surface area contributed by atoms with Crippen LogP contribution in [0.2, 0.25) is 0 Å². The minimum Gasteiger partial charge on any atom is -0.485 e. The summed E-state index contributed by atoms with van der Waals surface area (Å²) in [6, 6.07) is 7.55. The first kappa shape index (κ1) is 14.7. The van der Waals surface area contributed by atoms with E-state index in [1.165, 1.54) is 0 Å². The fraction of sp³-hybridized carbons (Fsp3) is 0.562. The maximum absolute atomic E-state index is 12.3. The average molecular weight is 277 g/mol. The van der Waals surface area contributed by atoms with Crippen LogP contribution in [0.3, 0.4) is 0 Å². The highest BCUT2D eigenvalue weighted by atomic mass is 16.6. The Morgan fingerprint density at radius 3 is 2.35 bits per heavy atom. The maximum atomic E-state index is 12.3. The van der Waals surface area contributed by atoms with Gasteiger partial charge in [-0.2, -0.15) is 0 Å². The molecule has 4 heteroatoms. The van der Waals surface area contributed by atoms with E-state index >= 15 is 0 Å². The van der Waals surface area contributed by atoms with Crippen molar-refractivity contribution in [3.63, 3.8) is 0 Å². The molecular weight excluding hydrogens is 254 g/mol. The van der Waals surface area contributed by atoms with Crippen molar-refractivity contribution in [2.45, 2.75) is 39.8 Å². The number of carbonyl (C=O) groups excluding carboxylic acids is 1. The molecule has 0 aliphatic carbocycles. The van der Waals surface area contributed by atoms with Gasteiger partial charge in [0.1, 0.15) is 6.61 Å². The lowest BCUT2D eigenvalue weighted by Crippen LogP contribution is -2.50. The molecule has 1 heterocycles. The minimum atomic E-state index is -0.579. The summed E-state index contributed by atoms with van der Waals surface area (Å²) in [6.07, 6.45) is -0.579. The molecule has 0 unspecified atom stereocenters. The van der Waals surface area contributed by atoms with Gasteiger partial charge in [0, 0.05) is 6.04 Å². The summed E-state index contributed by atoms with van der Waals surface area (Å²) >= 11 is 0. The highest BCUT2D eigenvalue weighted by Crippen LogP contribution is 2.31. The minimum absolute atomic E-state index is 0.105. The second kappa shape index (κ2) is 6.16. The molecule has 0 aromatic heterocycles. The van der Waals surface area contributed by atoms with E-state index in [1.54, 1.807) is 0 Å². The number of fused-ring (bicyclic) bond motifs is 1. The van der Waals surface area contributed by atoms with Gasteiger partial charge in [0.25, 0.3) is 5.91 Å². The molecular formula is C16H23NO3. The molecule has 2 rings (SSSR count). The summed E-state index contributed by atoms with van der Waals surface area (Å²) in [7, 11) is 0. The number of carbonyl (C=O) groups is 1. The van der Waals surface area contributed by atoms with Gasteiger partial charge < -0.3 is 14.8 Å². The van der Waals surface area contributed by atoms with Gasteiger partial charge in [0.05, 0.1) is 0 Å². The maximum Gasteiger partial charge on any atom is 0.264 e. The predicted molar refractivity (Wildman–Crippen MR) is 78.0 cm³/mol. The molecule has 1 aromatic rings. The Balaban J connectivity index is 2.01.